The van der Waals surface area contributed by atoms with E-state index in [0.717, 1.165) is 0 Å². The van der Waals surface area contributed by atoms with Crippen LogP contribution in [0.3, 0.4) is 0 Å². The van der Waals surface area contributed by atoms with E-state index in [4.69, 9.17) is 11.1 Å². The van der Waals surface area contributed by atoms with E-state index in [-0.39, 0.29) is 0 Å². The summed E-state index contributed by atoms with van der Waals surface area (Å²) in [6.07, 6.45) is 8.64. The topological polar surface area (TPSA) is 0 Å². The SMILES string of the molecule is C[Si](C)(Cl)[Si](C)(C)C1C=Cc2c1cc1c(c2-c2ccccc2)CCC1. The number of halogens is 1. The molecule has 2 aliphatic rings. The molecule has 0 fully saturated rings. The van der Waals surface area contributed by atoms with Crippen LogP contribution in [0.5, 0.6) is 0 Å². The van der Waals surface area contributed by atoms with Crippen LogP contribution in [0.1, 0.15) is 34.2 Å². The van der Waals surface area contributed by atoms with Crippen molar-refractivity contribution in [2.75, 3.05) is 0 Å². The predicted molar refractivity (Wildman–Crippen MR) is 116 cm³/mol. The molecule has 2 aromatic carbocycles. The minimum absolute atomic E-state index is 0.565. The first-order valence-corrected chi connectivity index (χ1v) is 17.5. The van der Waals surface area contributed by atoms with Gasteiger partial charge in [0.1, 0.15) is 6.90 Å². The molecule has 3 heteroatoms. The van der Waals surface area contributed by atoms with E-state index in [2.05, 4.69) is 74.7 Å². The van der Waals surface area contributed by atoms with Gasteiger partial charge < -0.3 is 0 Å². The second-order valence-electron chi connectivity index (χ2n) is 8.64. The lowest BCUT2D eigenvalue weighted by atomic mass is 9.89. The molecule has 25 heavy (non-hydrogen) atoms. The number of rotatable bonds is 3. The summed E-state index contributed by atoms with van der Waals surface area (Å²) < 4.78 is 0. The maximum atomic E-state index is 7.01. The highest BCUT2D eigenvalue weighted by atomic mass is 35.6. The van der Waals surface area contributed by atoms with Gasteiger partial charge in [-0.1, -0.05) is 74.7 Å². The molecular weight excluding hydrogens is 356 g/mol. The zero-order chi connectivity index (χ0) is 17.8. The Morgan fingerprint density at radius 3 is 2.40 bits per heavy atom. The Hall–Kier alpha value is -1.10. The lowest BCUT2D eigenvalue weighted by Gasteiger charge is -2.38. The standard InChI is InChI=1S/C22H27ClSi2/c1-24(2,25(3,4)23)21-14-13-19-20(21)15-17-11-8-12-18(17)22(19)16-9-6-5-7-10-16/h5-7,9-10,13-15,21H,8,11-12H2,1-4H3. The van der Waals surface area contributed by atoms with Crippen molar-refractivity contribution < 1.29 is 0 Å². The zero-order valence-electron chi connectivity index (χ0n) is 15.7. The molecule has 0 radical (unpaired) electrons. The Labute approximate surface area is 158 Å². The summed E-state index contributed by atoms with van der Waals surface area (Å²) in [4.78, 5) is 0. The van der Waals surface area contributed by atoms with Crippen molar-refractivity contribution in [3.8, 4) is 11.1 Å². The van der Waals surface area contributed by atoms with Gasteiger partial charge in [0.25, 0.3) is 0 Å². The van der Waals surface area contributed by atoms with Crippen LogP contribution in [-0.4, -0.2) is 14.5 Å². The Bertz CT molecular complexity index is 845. The highest BCUT2D eigenvalue weighted by Gasteiger charge is 2.47. The fourth-order valence-electron chi connectivity index (χ4n) is 4.45. The Balaban J connectivity index is 1.93. The molecule has 130 valence electrons. The fourth-order valence-corrected chi connectivity index (χ4v) is 10.8. The average molecular weight is 383 g/mol. The summed E-state index contributed by atoms with van der Waals surface area (Å²) in [7, 11) is -1.56. The first kappa shape index (κ1) is 17.3. The van der Waals surface area contributed by atoms with E-state index in [0.29, 0.717) is 5.54 Å². The third-order valence-corrected chi connectivity index (χ3v) is 26.3. The summed E-state index contributed by atoms with van der Waals surface area (Å²) in [5.41, 5.74) is 9.68. The highest BCUT2D eigenvalue weighted by molar-refractivity contribution is 7.58. The van der Waals surface area contributed by atoms with Crippen molar-refractivity contribution in [3.05, 3.63) is 64.7 Å². The number of fused-ring (bicyclic) bond motifs is 2. The Kier molecular flexibility index (Phi) is 4.14. The van der Waals surface area contributed by atoms with Crippen molar-refractivity contribution in [2.24, 2.45) is 0 Å². The van der Waals surface area contributed by atoms with Gasteiger partial charge in [0.05, 0.1) is 7.59 Å². The monoisotopic (exact) mass is 382 g/mol. The van der Waals surface area contributed by atoms with E-state index < -0.39 is 14.5 Å². The second kappa shape index (κ2) is 5.97. The second-order valence-corrected chi connectivity index (χ2v) is 27.1. The van der Waals surface area contributed by atoms with Crippen LogP contribution in [-0.2, 0) is 12.8 Å². The van der Waals surface area contributed by atoms with Gasteiger partial charge in [-0.15, -0.1) is 0 Å². The average Bonchev–Trinajstić information content (AvgIpc) is 3.18. The molecule has 0 aromatic heterocycles. The maximum absolute atomic E-state index is 7.01. The summed E-state index contributed by atoms with van der Waals surface area (Å²) in [5, 5.41) is 0. The first-order valence-electron chi connectivity index (χ1n) is 9.42. The summed E-state index contributed by atoms with van der Waals surface area (Å²) in [5.74, 6) is 0. The van der Waals surface area contributed by atoms with Gasteiger partial charge in [0.15, 0.2) is 0 Å². The molecule has 0 saturated heterocycles. The van der Waals surface area contributed by atoms with Crippen LogP contribution in [0, 0.1) is 0 Å². The Morgan fingerprint density at radius 1 is 1.00 bits per heavy atom. The normalized spacial score (nSPS) is 19.2. The van der Waals surface area contributed by atoms with Gasteiger partial charge in [-0.2, -0.15) is 11.1 Å². The molecule has 2 aliphatic carbocycles. The summed E-state index contributed by atoms with van der Waals surface area (Å²) in [6.45, 7) is 8.02. The van der Waals surface area contributed by atoms with Crippen LogP contribution in [0.15, 0.2) is 42.5 Å². The molecule has 0 nitrogen and oxygen atoms in total. The van der Waals surface area contributed by atoms with Gasteiger partial charge in [0, 0.05) is 0 Å². The molecule has 0 heterocycles. The van der Waals surface area contributed by atoms with Crippen LogP contribution >= 0.6 is 11.1 Å². The van der Waals surface area contributed by atoms with Crippen molar-refractivity contribution in [1.82, 2.24) is 0 Å². The maximum Gasteiger partial charge on any atom is 0.141 e. The molecule has 0 aliphatic heterocycles. The molecule has 0 N–H and O–H groups in total. The highest BCUT2D eigenvalue weighted by Crippen LogP contribution is 2.48. The summed E-state index contributed by atoms with van der Waals surface area (Å²) >= 11 is 7.01. The fraction of sp³-hybridized carbons (Fsp3) is 0.364. The van der Waals surface area contributed by atoms with E-state index >= 15 is 0 Å². The molecule has 0 amide bonds. The minimum atomic E-state index is -1.68. The van der Waals surface area contributed by atoms with Crippen molar-refractivity contribution in [2.45, 2.75) is 51.0 Å². The number of hydrogen-bond acceptors (Lipinski definition) is 0. The predicted octanol–water partition coefficient (Wildman–Crippen LogP) is 6.72. The van der Waals surface area contributed by atoms with Crippen LogP contribution in [0.25, 0.3) is 17.2 Å². The molecule has 4 rings (SSSR count). The molecule has 0 spiro atoms. The quantitative estimate of drug-likeness (QED) is 0.408. The van der Waals surface area contributed by atoms with E-state index in [1.807, 2.05) is 0 Å². The zero-order valence-corrected chi connectivity index (χ0v) is 18.5. The lowest BCUT2D eigenvalue weighted by Crippen LogP contribution is -2.54. The van der Waals surface area contributed by atoms with Crippen LogP contribution < -0.4 is 0 Å². The van der Waals surface area contributed by atoms with Gasteiger partial charge in [0.2, 0.25) is 0 Å². The van der Waals surface area contributed by atoms with Crippen molar-refractivity contribution in [1.29, 1.82) is 0 Å². The first-order chi connectivity index (χ1) is 11.8. The third kappa shape index (κ3) is 2.70. The number of hydrogen-bond donors (Lipinski definition) is 0. The third-order valence-electron chi connectivity index (χ3n) is 6.63. The van der Waals surface area contributed by atoms with Crippen molar-refractivity contribution in [3.63, 3.8) is 0 Å². The minimum Gasteiger partial charge on any atom is -0.171 e. The van der Waals surface area contributed by atoms with E-state index in [1.54, 1.807) is 16.7 Å². The van der Waals surface area contributed by atoms with Gasteiger partial charge in [-0.3, -0.25) is 0 Å². The number of benzene rings is 2. The number of allylic oxidation sites excluding steroid dienone is 1. The molecular formula is C22H27ClSi2. The van der Waals surface area contributed by atoms with Crippen LogP contribution in [0.2, 0.25) is 26.2 Å². The Morgan fingerprint density at radius 2 is 1.72 bits per heavy atom. The molecule has 0 bridgehead atoms. The van der Waals surface area contributed by atoms with E-state index in [1.165, 1.54) is 36.0 Å². The van der Waals surface area contributed by atoms with Gasteiger partial charge >= 0.3 is 0 Å². The van der Waals surface area contributed by atoms with Gasteiger partial charge in [-0.05, 0) is 58.2 Å². The molecule has 0 saturated carbocycles. The van der Waals surface area contributed by atoms with Crippen molar-refractivity contribution >= 4 is 31.6 Å². The number of aryl methyl sites for hydroxylation is 1. The summed E-state index contributed by atoms with van der Waals surface area (Å²) in [6, 6.07) is 13.5. The molecule has 1 unspecified atom stereocenters. The van der Waals surface area contributed by atoms with Crippen LogP contribution in [0.4, 0.5) is 0 Å². The largest absolute Gasteiger partial charge is 0.171 e. The molecule has 2 aromatic rings. The smallest absolute Gasteiger partial charge is 0.141 e. The molecule has 1 atom stereocenters. The van der Waals surface area contributed by atoms with E-state index in [9.17, 15) is 0 Å². The van der Waals surface area contributed by atoms with Gasteiger partial charge in [-0.25, -0.2) is 0 Å². The lowest BCUT2D eigenvalue weighted by molar-refractivity contribution is 0.912.